The highest BCUT2D eigenvalue weighted by Gasteiger charge is 2.29. The smallest absolute Gasteiger partial charge is 0.0378 e. The van der Waals surface area contributed by atoms with Gasteiger partial charge in [0.2, 0.25) is 0 Å². The Bertz CT molecular complexity index is 569. The third-order valence-corrected chi connectivity index (χ3v) is 4.46. The van der Waals surface area contributed by atoms with Gasteiger partial charge < -0.3 is 5.32 Å². The van der Waals surface area contributed by atoms with Crippen LogP contribution in [0.15, 0.2) is 36.4 Å². The standard InChI is InChI=1S/C18H25N/c1-6-18(3,4)17(19-5)16-13(2)11-12-14-9-7-8-10-15(14)16/h7-12,17,19H,6H2,1-5H3. The third-order valence-electron chi connectivity index (χ3n) is 4.46. The fourth-order valence-electron chi connectivity index (χ4n) is 2.92. The van der Waals surface area contributed by atoms with E-state index >= 15 is 0 Å². The molecule has 1 N–H and O–H groups in total. The first-order chi connectivity index (χ1) is 9.01. The van der Waals surface area contributed by atoms with Crippen molar-refractivity contribution in [1.29, 1.82) is 0 Å². The SMILES string of the molecule is CCC(C)(C)C(NC)c1c(C)ccc2ccccc12. The summed E-state index contributed by atoms with van der Waals surface area (Å²) >= 11 is 0. The molecule has 0 aliphatic heterocycles. The number of rotatable bonds is 4. The summed E-state index contributed by atoms with van der Waals surface area (Å²) in [5.41, 5.74) is 3.07. The Morgan fingerprint density at radius 3 is 2.42 bits per heavy atom. The van der Waals surface area contributed by atoms with Crippen molar-refractivity contribution in [2.45, 2.75) is 40.2 Å². The molecule has 0 spiro atoms. The first kappa shape index (κ1) is 14.1. The monoisotopic (exact) mass is 255 g/mol. The highest BCUT2D eigenvalue weighted by atomic mass is 14.9. The lowest BCUT2D eigenvalue weighted by Gasteiger charge is -2.35. The molecule has 1 atom stereocenters. The average Bonchev–Trinajstić information content (AvgIpc) is 2.42. The van der Waals surface area contributed by atoms with Gasteiger partial charge in [-0.1, -0.05) is 57.2 Å². The fourth-order valence-corrected chi connectivity index (χ4v) is 2.92. The van der Waals surface area contributed by atoms with E-state index in [4.69, 9.17) is 0 Å². The quantitative estimate of drug-likeness (QED) is 0.824. The van der Waals surface area contributed by atoms with Crippen molar-refractivity contribution < 1.29 is 0 Å². The van der Waals surface area contributed by atoms with E-state index < -0.39 is 0 Å². The molecule has 0 bridgehead atoms. The van der Waals surface area contributed by atoms with Crippen LogP contribution in [0, 0.1) is 12.3 Å². The minimum atomic E-state index is 0.240. The van der Waals surface area contributed by atoms with Crippen molar-refractivity contribution in [2.24, 2.45) is 5.41 Å². The van der Waals surface area contributed by atoms with Gasteiger partial charge in [0.15, 0.2) is 0 Å². The molecule has 1 heteroatoms. The van der Waals surface area contributed by atoms with E-state index in [9.17, 15) is 0 Å². The van der Waals surface area contributed by atoms with Crippen molar-refractivity contribution >= 4 is 10.8 Å². The summed E-state index contributed by atoms with van der Waals surface area (Å²) in [6, 6.07) is 13.5. The van der Waals surface area contributed by atoms with Gasteiger partial charge in [0.1, 0.15) is 0 Å². The van der Waals surface area contributed by atoms with Gasteiger partial charge in [-0.15, -0.1) is 0 Å². The minimum absolute atomic E-state index is 0.240. The van der Waals surface area contributed by atoms with E-state index in [1.807, 2.05) is 0 Å². The van der Waals surface area contributed by atoms with E-state index in [-0.39, 0.29) is 5.41 Å². The van der Waals surface area contributed by atoms with Crippen molar-refractivity contribution in [1.82, 2.24) is 5.32 Å². The summed E-state index contributed by atoms with van der Waals surface area (Å²) in [5.74, 6) is 0. The topological polar surface area (TPSA) is 12.0 Å². The van der Waals surface area contributed by atoms with Gasteiger partial charge in [0, 0.05) is 6.04 Å². The fraction of sp³-hybridized carbons (Fsp3) is 0.444. The minimum Gasteiger partial charge on any atom is -0.313 e. The highest BCUT2D eigenvalue weighted by molar-refractivity contribution is 5.87. The number of nitrogens with one attached hydrogen (secondary N) is 1. The maximum atomic E-state index is 3.54. The molecule has 2 rings (SSSR count). The summed E-state index contributed by atoms with van der Waals surface area (Å²) in [7, 11) is 2.07. The predicted molar refractivity (Wildman–Crippen MR) is 84.6 cm³/mol. The lowest BCUT2D eigenvalue weighted by molar-refractivity contribution is 0.246. The summed E-state index contributed by atoms with van der Waals surface area (Å²) in [4.78, 5) is 0. The Morgan fingerprint density at radius 1 is 1.11 bits per heavy atom. The van der Waals surface area contributed by atoms with Gasteiger partial charge in [-0.3, -0.25) is 0 Å². The van der Waals surface area contributed by atoms with Crippen molar-refractivity contribution in [3.8, 4) is 0 Å². The van der Waals surface area contributed by atoms with Gasteiger partial charge in [-0.25, -0.2) is 0 Å². The predicted octanol–water partition coefficient (Wildman–Crippen LogP) is 4.84. The average molecular weight is 255 g/mol. The van der Waals surface area contributed by atoms with Crippen molar-refractivity contribution in [3.63, 3.8) is 0 Å². The van der Waals surface area contributed by atoms with Gasteiger partial charge >= 0.3 is 0 Å². The molecule has 0 radical (unpaired) electrons. The van der Waals surface area contributed by atoms with Gasteiger partial charge in [-0.2, -0.15) is 0 Å². The second-order valence-corrected chi connectivity index (χ2v) is 6.08. The maximum absolute atomic E-state index is 3.54. The van der Waals surface area contributed by atoms with Gasteiger partial charge in [0.25, 0.3) is 0 Å². The van der Waals surface area contributed by atoms with Crippen LogP contribution in [0.3, 0.4) is 0 Å². The first-order valence-electron chi connectivity index (χ1n) is 7.16. The van der Waals surface area contributed by atoms with Crippen LogP contribution in [0.25, 0.3) is 10.8 Å². The van der Waals surface area contributed by atoms with Gasteiger partial charge in [-0.05, 0) is 47.7 Å². The lowest BCUT2D eigenvalue weighted by atomic mass is 9.76. The molecule has 0 heterocycles. The summed E-state index contributed by atoms with van der Waals surface area (Å²) in [5, 5.41) is 6.25. The second kappa shape index (κ2) is 5.34. The molecule has 0 amide bonds. The van der Waals surface area contributed by atoms with E-state index in [1.54, 1.807) is 0 Å². The molecule has 0 saturated heterocycles. The summed E-state index contributed by atoms with van der Waals surface area (Å²) < 4.78 is 0. The van der Waals surface area contributed by atoms with Crippen LogP contribution < -0.4 is 5.32 Å². The zero-order valence-electron chi connectivity index (χ0n) is 12.7. The van der Waals surface area contributed by atoms with E-state index in [0.29, 0.717) is 6.04 Å². The first-order valence-corrected chi connectivity index (χ1v) is 7.16. The number of fused-ring (bicyclic) bond motifs is 1. The zero-order chi connectivity index (χ0) is 14.0. The molecule has 2 aromatic rings. The highest BCUT2D eigenvalue weighted by Crippen LogP contribution is 2.40. The van der Waals surface area contributed by atoms with Crippen molar-refractivity contribution in [2.75, 3.05) is 7.05 Å². The molecule has 0 aromatic heterocycles. The van der Waals surface area contributed by atoms with Crippen LogP contribution in [0.2, 0.25) is 0 Å². The number of hydrogen-bond acceptors (Lipinski definition) is 1. The Hall–Kier alpha value is -1.34. The van der Waals surface area contributed by atoms with Crippen LogP contribution in [0.4, 0.5) is 0 Å². The van der Waals surface area contributed by atoms with E-state index in [0.717, 1.165) is 6.42 Å². The van der Waals surface area contributed by atoms with E-state index in [2.05, 4.69) is 76.5 Å². The third kappa shape index (κ3) is 2.52. The molecule has 2 aromatic carbocycles. The molecule has 0 aliphatic rings. The lowest BCUT2D eigenvalue weighted by Crippen LogP contribution is -2.32. The summed E-state index contributed by atoms with van der Waals surface area (Å²) in [6.45, 7) is 9.17. The van der Waals surface area contributed by atoms with Crippen LogP contribution in [-0.2, 0) is 0 Å². The van der Waals surface area contributed by atoms with Crippen LogP contribution in [0.5, 0.6) is 0 Å². The molecule has 0 saturated carbocycles. The summed E-state index contributed by atoms with van der Waals surface area (Å²) in [6.07, 6.45) is 1.15. The molecule has 1 unspecified atom stereocenters. The number of benzene rings is 2. The zero-order valence-corrected chi connectivity index (χ0v) is 12.7. The second-order valence-electron chi connectivity index (χ2n) is 6.08. The molecular formula is C18H25N. The van der Waals surface area contributed by atoms with Crippen molar-refractivity contribution in [3.05, 3.63) is 47.5 Å². The Kier molecular flexibility index (Phi) is 3.96. The van der Waals surface area contributed by atoms with Crippen LogP contribution in [-0.4, -0.2) is 7.05 Å². The molecule has 102 valence electrons. The number of aryl methyl sites for hydroxylation is 1. The van der Waals surface area contributed by atoms with Crippen LogP contribution in [0.1, 0.15) is 44.4 Å². The van der Waals surface area contributed by atoms with E-state index in [1.165, 1.54) is 21.9 Å². The molecule has 19 heavy (non-hydrogen) atoms. The Labute approximate surface area is 117 Å². The Balaban J connectivity index is 2.69. The molecule has 0 fully saturated rings. The largest absolute Gasteiger partial charge is 0.313 e. The number of hydrogen-bond donors (Lipinski definition) is 1. The Morgan fingerprint density at radius 2 is 1.79 bits per heavy atom. The van der Waals surface area contributed by atoms with Crippen LogP contribution >= 0.6 is 0 Å². The normalized spacial score (nSPS) is 13.7. The maximum Gasteiger partial charge on any atom is 0.0378 e. The molecule has 1 nitrogen and oxygen atoms in total. The molecule has 0 aliphatic carbocycles. The molecular weight excluding hydrogens is 230 g/mol. The van der Waals surface area contributed by atoms with Gasteiger partial charge in [0.05, 0.1) is 0 Å².